The lowest BCUT2D eigenvalue weighted by Gasteiger charge is -2.30. The number of hydrogen-bond donors (Lipinski definition) is 0. The molecule has 1 nitrogen and oxygen atoms in total. The Morgan fingerprint density at radius 2 is 2.31 bits per heavy atom. The van der Waals surface area contributed by atoms with Gasteiger partial charge in [0.2, 0.25) is 0 Å². The van der Waals surface area contributed by atoms with Crippen LogP contribution in [0.15, 0.2) is 28.7 Å². The van der Waals surface area contributed by atoms with Crippen LogP contribution in [-0.2, 0) is 0 Å². The second-order valence-electron chi connectivity index (χ2n) is 5.44. The number of benzene rings is 1. The van der Waals surface area contributed by atoms with E-state index in [1.54, 1.807) is 0 Å². The Bertz CT molecular complexity index is 519. The predicted molar refractivity (Wildman–Crippen MR) is 67.3 cm³/mol. The molecule has 0 aromatic heterocycles. The van der Waals surface area contributed by atoms with Crippen molar-refractivity contribution in [1.82, 2.24) is 0 Å². The van der Waals surface area contributed by atoms with E-state index in [0.717, 1.165) is 22.7 Å². The van der Waals surface area contributed by atoms with E-state index in [0.29, 0.717) is 11.3 Å². The Kier molecular flexibility index (Phi) is 1.58. The first-order valence-electron chi connectivity index (χ1n) is 5.83. The SMILES string of the molecule is C[C@]12C[C@H]1C=C1c3cc(Br)ccc3OC[C@@H]12. The van der Waals surface area contributed by atoms with Gasteiger partial charge in [-0.05, 0) is 41.5 Å². The Morgan fingerprint density at radius 3 is 3.19 bits per heavy atom. The molecule has 1 saturated carbocycles. The van der Waals surface area contributed by atoms with Crippen LogP contribution in [0.3, 0.4) is 0 Å². The summed E-state index contributed by atoms with van der Waals surface area (Å²) in [6, 6.07) is 6.32. The highest BCUT2D eigenvalue weighted by Crippen LogP contribution is 2.68. The molecular weight excluding hydrogens is 264 g/mol. The molecule has 2 aliphatic carbocycles. The summed E-state index contributed by atoms with van der Waals surface area (Å²) in [5, 5.41) is 0. The fraction of sp³-hybridized carbons (Fsp3) is 0.429. The maximum Gasteiger partial charge on any atom is 0.126 e. The van der Waals surface area contributed by atoms with E-state index in [1.165, 1.54) is 17.6 Å². The van der Waals surface area contributed by atoms with Gasteiger partial charge in [-0.3, -0.25) is 0 Å². The minimum absolute atomic E-state index is 0.509. The summed E-state index contributed by atoms with van der Waals surface area (Å²) >= 11 is 3.54. The molecule has 0 spiro atoms. The Morgan fingerprint density at radius 1 is 1.44 bits per heavy atom. The first-order chi connectivity index (χ1) is 7.68. The first kappa shape index (κ1) is 9.29. The van der Waals surface area contributed by atoms with Gasteiger partial charge in [0, 0.05) is 16.0 Å². The van der Waals surface area contributed by atoms with Gasteiger partial charge in [-0.1, -0.05) is 28.9 Å². The average Bonchev–Trinajstić information content (AvgIpc) is 2.83. The maximum absolute atomic E-state index is 5.89. The van der Waals surface area contributed by atoms with Crippen LogP contribution < -0.4 is 4.74 Å². The molecule has 2 heteroatoms. The quantitative estimate of drug-likeness (QED) is 0.699. The van der Waals surface area contributed by atoms with Gasteiger partial charge in [0.05, 0.1) is 6.61 Å². The van der Waals surface area contributed by atoms with E-state index in [2.05, 4.69) is 47.1 Å². The van der Waals surface area contributed by atoms with Crippen molar-refractivity contribution in [1.29, 1.82) is 0 Å². The van der Waals surface area contributed by atoms with E-state index in [4.69, 9.17) is 4.74 Å². The smallest absolute Gasteiger partial charge is 0.126 e. The fourth-order valence-corrected chi connectivity index (χ4v) is 3.70. The minimum Gasteiger partial charge on any atom is -0.492 e. The van der Waals surface area contributed by atoms with E-state index >= 15 is 0 Å². The van der Waals surface area contributed by atoms with Crippen molar-refractivity contribution in [2.45, 2.75) is 13.3 Å². The standard InChI is InChI=1S/C14H13BrO/c1-14-6-8(14)4-10-11-5-9(15)2-3-13(11)16-7-12(10)14/h2-5,8,12H,6-7H2,1H3/t8-,12+,14+/m1/s1. The number of hydrogen-bond acceptors (Lipinski definition) is 1. The number of fused-ring (bicyclic) bond motifs is 5. The number of rotatable bonds is 0. The zero-order valence-electron chi connectivity index (χ0n) is 9.16. The zero-order valence-corrected chi connectivity index (χ0v) is 10.8. The summed E-state index contributed by atoms with van der Waals surface area (Å²) < 4.78 is 7.03. The van der Waals surface area contributed by atoms with Crippen molar-refractivity contribution in [2.24, 2.45) is 17.3 Å². The molecule has 0 saturated heterocycles. The lowest BCUT2D eigenvalue weighted by molar-refractivity contribution is 0.220. The molecule has 0 bridgehead atoms. The topological polar surface area (TPSA) is 9.23 Å². The third kappa shape index (κ3) is 1.01. The molecule has 1 heterocycles. The lowest BCUT2D eigenvalue weighted by Crippen LogP contribution is -2.24. The highest BCUT2D eigenvalue weighted by molar-refractivity contribution is 9.10. The van der Waals surface area contributed by atoms with Crippen LogP contribution in [-0.4, -0.2) is 6.61 Å². The van der Waals surface area contributed by atoms with Gasteiger partial charge >= 0.3 is 0 Å². The Hall–Kier alpha value is -0.760. The summed E-state index contributed by atoms with van der Waals surface area (Å²) in [6.45, 7) is 3.27. The van der Waals surface area contributed by atoms with Crippen molar-refractivity contribution in [3.05, 3.63) is 34.3 Å². The molecule has 16 heavy (non-hydrogen) atoms. The Labute approximate surface area is 104 Å². The summed E-state index contributed by atoms with van der Waals surface area (Å²) in [5.41, 5.74) is 3.34. The summed E-state index contributed by atoms with van der Waals surface area (Å²) in [7, 11) is 0. The largest absolute Gasteiger partial charge is 0.492 e. The third-order valence-corrected chi connectivity index (χ3v) is 5.05. The van der Waals surface area contributed by atoms with Gasteiger partial charge in [-0.2, -0.15) is 0 Å². The van der Waals surface area contributed by atoms with E-state index < -0.39 is 0 Å². The second kappa shape index (κ2) is 2.73. The molecule has 1 fully saturated rings. The van der Waals surface area contributed by atoms with Gasteiger partial charge in [0.1, 0.15) is 5.75 Å². The van der Waals surface area contributed by atoms with Crippen LogP contribution in [0.25, 0.3) is 5.57 Å². The van der Waals surface area contributed by atoms with Crippen molar-refractivity contribution in [3.63, 3.8) is 0 Å². The van der Waals surface area contributed by atoms with Crippen LogP contribution in [0, 0.1) is 17.3 Å². The predicted octanol–water partition coefficient (Wildman–Crippen LogP) is 3.88. The average molecular weight is 277 g/mol. The molecular formula is C14H13BrO. The molecule has 1 aromatic rings. The zero-order chi connectivity index (χ0) is 10.9. The van der Waals surface area contributed by atoms with Gasteiger partial charge in [0.15, 0.2) is 0 Å². The van der Waals surface area contributed by atoms with Gasteiger partial charge in [-0.25, -0.2) is 0 Å². The van der Waals surface area contributed by atoms with Crippen molar-refractivity contribution in [2.75, 3.05) is 6.61 Å². The number of allylic oxidation sites excluding steroid dienone is 1. The fourth-order valence-electron chi connectivity index (χ4n) is 3.34. The molecule has 0 radical (unpaired) electrons. The normalized spacial score (nSPS) is 38.0. The van der Waals surface area contributed by atoms with E-state index in [1.807, 2.05) is 0 Å². The monoisotopic (exact) mass is 276 g/mol. The molecule has 0 unspecified atom stereocenters. The highest BCUT2D eigenvalue weighted by Gasteiger charge is 2.60. The van der Waals surface area contributed by atoms with Gasteiger partial charge < -0.3 is 4.74 Å². The third-order valence-electron chi connectivity index (χ3n) is 4.56. The Balaban J connectivity index is 1.89. The molecule has 3 aliphatic rings. The van der Waals surface area contributed by atoms with Crippen molar-refractivity contribution >= 4 is 21.5 Å². The van der Waals surface area contributed by atoms with Crippen molar-refractivity contribution in [3.8, 4) is 5.75 Å². The molecule has 1 aromatic carbocycles. The van der Waals surface area contributed by atoms with E-state index in [-0.39, 0.29) is 0 Å². The molecule has 0 amide bonds. The summed E-state index contributed by atoms with van der Waals surface area (Å²) in [5.74, 6) is 2.48. The highest BCUT2D eigenvalue weighted by atomic mass is 79.9. The van der Waals surface area contributed by atoms with Crippen LogP contribution in [0.2, 0.25) is 0 Å². The second-order valence-corrected chi connectivity index (χ2v) is 6.36. The molecule has 3 atom stereocenters. The van der Waals surface area contributed by atoms with Crippen molar-refractivity contribution < 1.29 is 4.74 Å². The lowest BCUT2D eigenvalue weighted by atomic mass is 9.83. The maximum atomic E-state index is 5.89. The number of ether oxygens (including phenoxy) is 1. The van der Waals surface area contributed by atoms with Gasteiger partial charge in [0.25, 0.3) is 0 Å². The van der Waals surface area contributed by atoms with Crippen LogP contribution in [0.1, 0.15) is 18.9 Å². The molecule has 1 aliphatic heterocycles. The molecule has 82 valence electrons. The first-order valence-corrected chi connectivity index (χ1v) is 6.62. The summed E-state index contributed by atoms with van der Waals surface area (Å²) in [6.07, 6.45) is 3.84. The molecule has 0 N–H and O–H groups in total. The van der Waals surface area contributed by atoms with Gasteiger partial charge in [-0.15, -0.1) is 0 Å². The van der Waals surface area contributed by atoms with Crippen LogP contribution in [0.4, 0.5) is 0 Å². The summed E-state index contributed by atoms with van der Waals surface area (Å²) in [4.78, 5) is 0. The number of halogens is 1. The van der Waals surface area contributed by atoms with Crippen LogP contribution >= 0.6 is 15.9 Å². The minimum atomic E-state index is 0.509. The molecule has 4 rings (SSSR count). The van der Waals surface area contributed by atoms with Crippen LogP contribution in [0.5, 0.6) is 5.75 Å². The van der Waals surface area contributed by atoms with E-state index in [9.17, 15) is 0 Å².